The smallest absolute Gasteiger partial charge is 0.341 e. The Balaban J connectivity index is 2.23. The number of carbonyl (C=O) groups is 1. The monoisotopic (exact) mass is 376 g/mol. The first kappa shape index (κ1) is 18.5. The summed E-state index contributed by atoms with van der Waals surface area (Å²) in [6.07, 6.45) is 0.648. The fourth-order valence-corrected chi connectivity index (χ4v) is 5.86. The number of esters is 1. The maximum absolute atomic E-state index is 13.6. The molecule has 0 radical (unpaired) electrons. The van der Waals surface area contributed by atoms with Gasteiger partial charge in [0.05, 0.1) is 12.3 Å². The van der Waals surface area contributed by atoms with Crippen LogP contribution in [0.15, 0.2) is 29.2 Å². The van der Waals surface area contributed by atoms with Crippen LogP contribution in [0.1, 0.15) is 41.2 Å². The van der Waals surface area contributed by atoms with Gasteiger partial charge < -0.3 is 9.30 Å². The normalized spacial score (nSPS) is 16.7. The summed E-state index contributed by atoms with van der Waals surface area (Å²) < 4.78 is 35.6. The number of benzene rings is 1. The van der Waals surface area contributed by atoms with Crippen LogP contribution in [0.25, 0.3) is 0 Å². The highest BCUT2D eigenvalue weighted by Crippen LogP contribution is 2.39. The molecule has 0 saturated carbocycles. The summed E-state index contributed by atoms with van der Waals surface area (Å²) in [5, 5.41) is 0. The molecule has 1 aliphatic heterocycles. The first-order valence-corrected chi connectivity index (χ1v) is 10.1. The molecule has 0 aliphatic carbocycles. The topological polar surface area (TPSA) is 68.6 Å². The van der Waals surface area contributed by atoms with Crippen molar-refractivity contribution in [3.63, 3.8) is 0 Å². The Kier molecular flexibility index (Phi) is 4.60. The van der Waals surface area contributed by atoms with Crippen molar-refractivity contribution in [1.29, 1.82) is 0 Å². The van der Waals surface area contributed by atoms with E-state index >= 15 is 0 Å². The largest absolute Gasteiger partial charge is 0.462 e. The molecule has 140 valence electrons. The molecule has 2 aromatic rings. The molecule has 1 aromatic carbocycles. The highest BCUT2D eigenvalue weighted by atomic mass is 32.2. The van der Waals surface area contributed by atoms with Gasteiger partial charge in [0.25, 0.3) is 10.0 Å². The summed E-state index contributed by atoms with van der Waals surface area (Å²) in [6.45, 7) is 7.23. The second-order valence-electron chi connectivity index (χ2n) is 6.64. The number of anilines is 1. The summed E-state index contributed by atoms with van der Waals surface area (Å²) in [5.74, 6) is -0.604. The molecule has 0 amide bonds. The first-order valence-electron chi connectivity index (χ1n) is 8.67. The number of hydrogen-bond acceptors (Lipinski definition) is 4. The summed E-state index contributed by atoms with van der Waals surface area (Å²) >= 11 is 0. The van der Waals surface area contributed by atoms with Crippen LogP contribution in [0.5, 0.6) is 0 Å². The Morgan fingerprint density at radius 3 is 2.54 bits per heavy atom. The molecule has 1 atom stereocenters. The second kappa shape index (κ2) is 6.46. The molecule has 0 N–H and O–H groups in total. The molecule has 7 heteroatoms. The van der Waals surface area contributed by atoms with Gasteiger partial charge in [0.1, 0.15) is 10.5 Å². The lowest BCUT2D eigenvalue weighted by Crippen LogP contribution is -2.36. The fourth-order valence-electron chi connectivity index (χ4n) is 3.68. The molecule has 1 aromatic heterocycles. The molecular weight excluding hydrogens is 352 g/mol. The number of aromatic nitrogens is 1. The molecular formula is C19H24N2O4S. The van der Waals surface area contributed by atoms with Gasteiger partial charge in [0, 0.05) is 24.5 Å². The number of carbonyl (C=O) groups excluding carboxylic acids is 1. The summed E-state index contributed by atoms with van der Waals surface area (Å²) in [5.41, 5.74) is 2.91. The second-order valence-corrected chi connectivity index (χ2v) is 8.39. The quantitative estimate of drug-likeness (QED) is 0.770. The van der Waals surface area contributed by atoms with Crippen LogP contribution in [0, 0.1) is 13.8 Å². The number of fused-ring (bicyclic) bond motifs is 1. The predicted octanol–water partition coefficient (Wildman–Crippen LogP) is 2.96. The average molecular weight is 376 g/mol. The van der Waals surface area contributed by atoms with E-state index in [1.165, 1.54) is 4.31 Å². The lowest BCUT2D eigenvalue weighted by molar-refractivity contribution is 0.0521. The average Bonchev–Trinajstić information content (AvgIpc) is 3.04. The van der Waals surface area contributed by atoms with E-state index in [0.29, 0.717) is 23.5 Å². The third kappa shape index (κ3) is 2.61. The van der Waals surface area contributed by atoms with Crippen LogP contribution in [0.2, 0.25) is 0 Å². The third-order valence-corrected chi connectivity index (χ3v) is 7.15. The van der Waals surface area contributed by atoms with E-state index in [-0.39, 0.29) is 23.1 Å². The highest BCUT2D eigenvalue weighted by Gasteiger charge is 2.41. The number of hydrogen-bond donors (Lipinski definition) is 0. The first-order chi connectivity index (χ1) is 12.2. The molecule has 0 saturated heterocycles. The molecule has 1 aliphatic rings. The van der Waals surface area contributed by atoms with Crippen molar-refractivity contribution in [2.75, 3.05) is 10.9 Å². The molecule has 6 nitrogen and oxygen atoms in total. The van der Waals surface area contributed by atoms with Crippen molar-refractivity contribution >= 4 is 21.7 Å². The number of ether oxygens (including phenoxy) is 1. The maximum atomic E-state index is 13.6. The zero-order chi connectivity index (χ0) is 19.2. The van der Waals surface area contributed by atoms with Crippen molar-refractivity contribution < 1.29 is 17.9 Å². The van der Waals surface area contributed by atoms with Gasteiger partial charge in [0.15, 0.2) is 0 Å². The van der Waals surface area contributed by atoms with Crippen molar-refractivity contribution in [3.05, 3.63) is 46.8 Å². The number of nitrogens with zero attached hydrogens (tertiary/aromatic N) is 2. The van der Waals surface area contributed by atoms with Gasteiger partial charge in [-0.2, -0.15) is 0 Å². The van der Waals surface area contributed by atoms with E-state index in [4.69, 9.17) is 4.74 Å². The number of para-hydroxylation sites is 1. The molecule has 0 bridgehead atoms. The summed E-state index contributed by atoms with van der Waals surface area (Å²) in [6, 6.07) is 7.27. The van der Waals surface area contributed by atoms with Crippen molar-refractivity contribution in [3.8, 4) is 0 Å². The zero-order valence-electron chi connectivity index (χ0n) is 15.7. The van der Waals surface area contributed by atoms with Crippen LogP contribution in [0.4, 0.5) is 5.69 Å². The van der Waals surface area contributed by atoms with Gasteiger partial charge in [-0.15, -0.1) is 0 Å². The Morgan fingerprint density at radius 2 is 1.88 bits per heavy atom. The SMILES string of the molecule is CCOC(=O)c1c(S(=O)(=O)N2c3ccccc3C[C@H]2C)c(C)n(C)c1C. The van der Waals surface area contributed by atoms with Gasteiger partial charge in [0.2, 0.25) is 0 Å². The predicted molar refractivity (Wildman–Crippen MR) is 100 cm³/mol. The van der Waals surface area contributed by atoms with E-state index < -0.39 is 16.0 Å². The summed E-state index contributed by atoms with van der Waals surface area (Å²) in [4.78, 5) is 12.6. The van der Waals surface area contributed by atoms with Crippen LogP contribution >= 0.6 is 0 Å². The van der Waals surface area contributed by atoms with Crippen LogP contribution in [-0.2, 0) is 28.2 Å². The summed E-state index contributed by atoms with van der Waals surface area (Å²) in [7, 11) is -2.16. The lowest BCUT2D eigenvalue weighted by atomic mass is 10.1. The Bertz CT molecular complexity index is 976. The minimum Gasteiger partial charge on any atom is -0.462 e. The van der Waals surface area contributed by atoms with Crippen molar-refractivity contribution in [1.82, 2.24) is 4.57 Å². The van der Waals surface area contributed by atoms with Gasteiger partial charge in [-0.3, -0.25) is 4.31 Å². The van der Waals surface area contributed by atoms with Crippen molar-refractivity contribution in [2.45, 2.75) is 45.1 Å². The Labute approximate surface area is 154 Å². The van der Waals surface area contributed by atoms with E-state index in [2.05, 4.69) is 0 Å². The lowest BCUT2D eigenvalue weighted by Gasteiger charge is -2.25. The van der Waals surface area contributed by atoms with E-state index in [0.717, 1.165) is 5.56 Å². The van der Waals surface area contributed by atoms with Crippen molar-refractivity contribution in [2.24, 2.45) is 7.05 Å². The maximum Gasteiger partial charge on any atom is 0.341 e. The Hall–Kier alpha value is -2.28. The minimum atomic E-state index is -3.92. The van der Waals surface area contributed by atoms with E-state index in [1.807, 2.05) is 31.2 Å². The van der Waals surface area contributed by atoms with Crippen LogP contribution in [0.3, 0.4) is 0 Å². The molecule has 3 rings (SSSR count). The standard InChI is InChI=1S/C19H24N2O4S/c1-6-25-19(22)17-13(3)20(5)14(4)18(17)26(23,24)21-12(2)11-15-9-7-8-10-16(15)21/h7-10,12H,6,11H2,1-5H3/t12-/m1/s1. The highest BCUT2D eigenvalue weighted by molar-refractivity contribution is 7.93. The molecule has 0 unspecified atom stereocenters. The van der Waals surface area contributed by atoms with Gasteiger partial charge in [-0.05, 0) is 45.7 Å². The molecule has 0 spiro atoms. The number of sulfonamides is 1. The van der Waals surface area contributed by atoms with Gasteiger partial charge in [-0.1, -0.05) is 18.2 Å². The zero-order valence-corrected chi connectivity index (χ0v) is 16.6. The third-order valence-electron chi connectivity index (χ3n) is 5.06. The molecule has 26 heavy (non-hydrogen) atoms. The van der Waals surface area contributed by atoms with Gasteiger partial charge in [-0.25, -0.2) is 13.2 Å². The van der Waals surface area contributed by atoms with Crippen LogP contribution < -0.4 is 4.31 Å². The Morgan fingerprint density at radius 1 is 1.23 bits per heavy atom. The number of rotatable bonds is 4. The van der Waals surface area contributed by atoms with Gasteiger partial charge >= 0.3 is 5.97 Å². The minimum absolute atomic E-state index is 0.0412. The van der Waals surface area contributed by atoms with E-state index in [9.17, 15) is 13.2 Å². The fraction of sp³-hybridized carbons (Fsp3) is 0.421. The van der Waals surface area contributed by atoms with E-state index in [1.54, 1.807) is 32.4 Å². The molecule has 2 heterocycles. The molecule has 0 fully saturated rings. The van der Waals surface area contributed by atoms with Crippen LogP contribution in [-0.4, -0.2) is 31.6 Å².